The van der Waals surface area contributed by atoms with Crippen molar-refractivity contribution in [2.45, 2.75) is 0 Å². The first-order valence-electron chi connectivity index (χ1n) is 5.75. The number of aliphatic hydroxyl groups excluding tert-OH is 1. The molecule has 0 saturated heterocycles. The van der Waals surface area contributed by atoms with Gasteiger partial charge in [-0.25, -0.2) is 4.79 Å². The number of carboxylic acids is 1. The molecule has 2 aromatic heterocycles. The van der Waals surface area contributed by atoms with E-state index in [0.29, 0.717) is 6.54 Å². The number of carboxylic acid groups (broad SMARTS) is 1. The fraction of sp³-hybridized carbons (Fsp3) is 0.231. The quantitative estimate of drug-likeness (QED) is 0.654. The fourth-order valence-corrected chi connectivity index (χ4v) is 3.98. The van der Waals surface area contributed by atoms with Gasteiger partial charge in [0.05, 0.1) is 11.6 Å². The second kappa shape index (κ2) is 6.05. The molecule has 0 unspecified atom stereocenters. The van der Waals surface area contributed by atoms with E-state index in [1.165, 1.54) is 17.4 Å². The Morgan fingerprint density at radius 2 is 2.15 bits per heavy atom. The number of aliphatic hydroxyl groups is 1. The Morgan fingerprint density at radius 1 is 1.45 bits per heavy atom. The van der Waals surface area contributed by atoms with Crippen LogP contribution in [0.25, 0.3) is 15.5 Å². The Labute approximate surface area is 123 Å². The zero-order valence-electron chi connectivity index (χ0n) is 10.7. The molecule has 2 N–H and O–H groups in total. The number of nitriles is 1. The van der Waals surface area contributed by atoms with Gasteiger partial charge in [-0.15, -0.1) is 22.7 Å². The monoisotopic (exact) mass is 308 g/mol. The van der Waals surface area contributed by atoms with Crippen LogP contribution in [0.1, 0.15) is 4.88 Å². The predicted molar refractivity (Wildman–Crippen MR) is 81.3 cm³/mol. The number of nitrogens with zero attached hydrogens (tertiary/aromatic N) is 2. The molecule has 0 radical (unpaired) electrons. The highest BCUT2D eigenvalue weighted by Crippen LogP contribution is 2.38. The van der Waals surface area contributed by atoms with Crippen molar-refractivity contribution < 1.29 is 15.0 Å². The normalized spacial score (nSPS) is 11.6. The lowest BCUT2D eigenvalue weighted by Gasteiger charge is -2.14. The average molecular weight is 308 g/mol. The molecule has 0 aliphatic heterocycles. The summed E-state index contributed by atoms with van der Waals surface area (Å²) >= 11 is 3.02. The first-order valence-corrected chi connectivity index (χ1v) is 7.39. The van der Waals surface area contributed by atoms with Gasteiger partial charge in [0.15, 0.2) is 0 Å². The Bertz CT molecular complexity index is 677. The van der Waals surface area contributed by atoms with Crippen LogP contribution in [0.15, 0.2) is 17.7 Å². The molecule has 2 heterocycles. The number of thiophene rings is 2. The zero-order valence-corrected chi connectivity index (χ0v) is 12.3. The molecule has 20 heavy (non-hydrogen) atoms. The molecule has 0 atom stereocenters. The summed E-state index contributed by atoms with van der Waals surface area (Å²) in [4.78, 5) is 13.5. The highest BCUT2D eigenvalue weighted by molar-refractivity contribution is 7.30. The highest BCUT2D eigenvalue weighted by Gasteiger charge is 2.11. The summed E-state index contributed by atoms with van der Waals surface area (Å²) in [6.45, 7) is 0.665. The molecule has 104 valence electrons. The average Bonchev–Trinajstić information content (AvgIpc) is 2.93. The van der Waals surface area contributed by atoms with Crippen LogP contribution in [0.5, 0.6) is 0 Å². The number of likely N-dealkylation sites (N-methyl/N-ethyl adjacent to an activating group) is 1. The van der Waals surface area contributed by atoms with Gasteiger partial charge in [0.25, 0.3) is 0 Å². The second-order valence-corrected chi connectivity index (χ2v) is 6.26. The van der Waals surface area contributed by atoms with Gasteiger partial charge < -0.3 is 15.1 Å². The molecule has 0 saturated carbocycles. The number of fused-ring (bicyclic) bond motifs is 1. The van der Waals surface area contributed by atoms with Gasteiger partial charge in [-0.2, -0.15) is 5.26 Å². The van der Waals surface area contributed by atoms with E-state index in [4.69, 9.17) is 15.5 Å². The van der Waals surface area contributed by atoms with Crippen molar-refractivity contribution in [1.29, 1.82) is 5.26 Å². The van der Waals surface area contributed by atoms with E-state index in [-0.39, 0.29) is 12.2 Å². The SMILES string of the molecule is CN(CCO)c1cc2sc(/C=C(\C#N)C(=O)O)cc2s1. The number of rotatable bonds is 5. The maximum atomic E-state index is 10.8. The van der Waals surface area contributed by atoms with Crippen molar-refractivity contribution in [3.05, 3.63) is 22.6 Å². The standard InChI is InChI=1S/C13H12N2O3S2/c1-15(2-3-16)12-6-11-10(20-12)5-9(19-11)4-8(7-14)13(17)18/h4-6,16H,2-3H2,1H3,(H,17,18)/b8-4+. The van der Waals surface area contributed by atoms with Crippen molar-refractivity contribution in [2.75, 3.05) is 25.1 Å². The van der Waals surface area contributed by atoms with Gasteiger partial charge >= 0.3 is 5.97 Å². The molecule has 0 aromatic carbocycles. The summed E-state index contributed by atoms with van der Waals surface area (Å²) in [6.07, 6.45) is 1.39. The van der Waals surface area contributed by atoms with Crippen molar-refractivity contribution >= 4 is 49.1 Å². The molecule has 5 nitrogen and oxygen atoms in total. The molecular formula is C13H12N2O3S2. The summed E-state index contributed by atoms with van der Waals surface area (Å²) in [6, 6.07) is 5.55. The number of carbonyl (C=O) groups is 1. The maximum absolute atomic E-state index is 10.8. The topological polar surface area (TPSA) is 84.6 Å². The molecule has 0 bridgehead atoms. The summed E-state index contributed by atoms with van der Waals surface area (Å²) in [5.74, 6) is -1.22. The third kappa shape index (κ3) is 2.99. The third-order valence-electron chi connectivity index (χ3n) is 2.66. The van der Waals surface area contributed by atoms with Gasteiger partial charge in [-0.05, 0) is 18.2 Å². The molecule has 0 fully saturated rings. The van der Waals surface area contributed by atoms with E-state index in [0.717, 1.165) is 19.3 Å². The smallest absolute Gasteiger partial charge is 0.346 e. The summed E-state index contributed by atoms with van der Waals surface area (Å²) in [7, 11) is 1.91. The van der Waals surface area contributed by atoms with Crippen molar-refractivity contribution in [3.63, 3.8) is 0 Å². The van der Waals surface area contributed by atoms with Crippen LogP contribution in [-0.2, 0) is 4.79 Å². The van der Waals surface area contributed by atoms with E-state index in [2.05, 4.69) is 0 Å². The van der Waals surface area contributed by atoms with Crippen LogP contribution in [0, 0.1) is 11.3 Å². The highest BCUT2D eigenvalue weighted by atomic mass is 32.1. The van der Waals surface area contributed by atoms with Crippen LogP contribution in [-0.4, -0.2) is 36.4 Å². The summed E-state index contributed by atoms with van der Waals surface area (Å²) < 4.78 is 2.09. The van der Waals surface area contributed by atoms with Gasteiger partial charge in [-0.1, -0.05) is 0 Å². The first-order chi connectivity index (χ1) is 9.55. The molecule has 2 rings (SSSR count). The van der Waals surface area contributed by atoms with Crippen LogP contribution < -0.4 is 4.90 Å². The Hall–Kier alpha value is -1.88. The molecule has 0 amide bonds. The Balaban J connectivity index is 2.31. The Kier molecular flexibility index (Phi) is 4.39. The third-order valence-corrected chi connectivity index (χ3v) is 5.02. The van der Waals surface area contributed by atoms with Crippen LogP contribution >= 0.6 is 22.7 Å². The number of hydrogen-bond acceptors (Lipinski definition) is 6. The van der Waals surface area contributed by atoms with E-state index in [1.807, 2.05) is 24.1 Å². The Morgan fingerprint density at radius 3 is 2.70 bits per heavy atom. The summed E-state index contributed by atoms with van der Waals surface area (Å²) in [5.41, 5.74) is -0.267. The van der Waals surface area contributed by atoms with Crippen molar-refractivity contribution in [2.24, 2.45) is 0 Å². The van der Waals surface area contributed by atoms with E-state index in [1.54, 1.807) is 17.4 Å². The minimum Gasteiger partial charge on any atom is -0.477 e. The van der Waals surface area contributed by atoms with Gasteiger partial charge in [0.2, 0.25) is 0 Å². The molecule has 7 heteroatoms. The van der Waals surface area contributed by atoms with Gasteiger partial charge in [0.1, 0.15) is 11.6 Å². The molecule has 0 spiro atoms. The number of anilines is 1. The molecule has 0 aliphatic carbocycles. The lowest BCUT2D eigenvalue weighted by Crippen LogP contribution is -2.19. The number of hydrogen-bond donors (Lipinski definition) is 2. The maximum Gasteiger partial charge on any atom is 0.346 e. The van der Waals surface area contributed by atoms with E-state index < -0.39 is 5.97 Å². The lowest BCUT2D eigenvalue weighted by atomic mass is 10.2. The summed E-state index contributed by atoms with van der Waals surface area (Å²) in [5, 5.41) is 27.5. The van der Waals surface area contributed by atoms with Crippen molar-refractivity contribution in [3.8, 4) is 6.07 Å². The fourth-order valence-electron chi connectivity index (χ4n) is 1.65. The molecule has 2 aromatic rings. The van der Waals surface area contributed by atoms with E-state index in [9.17, 15) is 4.79 Å². The first kappa shape index (κ1) is 14.5. The minimum absolute atomic E-state index is 0.0974. The lowest BCUT2D eigenvalue weighted by molar-refractivity contribution is -0.132. The molecule has 0 aliphatic rings. The van der Waals surface area contributed by atoms with Crippen LogP contribution in [0.4, 0.5) is 5.00 Å². The second-order valence-electron chi connectivity index (χ2n) is 4.08. The zero-order chi connectivity index (χ0) is 14.7. The van der Waals surface area contributed by atoms with Gasteiger partial charge in [0, 0.05) is 27.9 Å². The van der Waals surface area contributed by atoms with Gasteiger partial charge in [-0.3, -0.25) is 0 Å². The largest absolute Gasteiger partial charge is 0.477 e. The van der Waals surface area contributed by atoms with Crippen LogP contribution in [0.3, 0.4) is 0 Å². The predicted octanol–water partition coefficient (Wildman–Crippen LogP) is 2.38. The van der Waals surface area contributed by atoms with Crippen LogP contribution in [0.2, 0.25) is 0 Å². The van der Waals surface area contributed by atoms with Crippen molar-refractivity contribution in [1.82, 2.24) is 0 Å². The number of aliphatic carboxylic acids is 1. The molecular weight excluding hydrogens is 296 g/mol. The van der Waals surface area contributed by atoms with E-state index >= 15 is 0 Å². The minimum atomic E-state index is -1.22.